The first-order valence-corrected chi connectivity index (χ1v) is 10.5. The summed E-state index contributed by atoms with van der Waals surface area (Å²) in [5.41, 5.74) is 3.53. The van der Waals surface area contributed by atoms with Crippen molar-refractivity contribution in [1.29, 1.82) is 0 Å². The van der Waals surface area contributed by atoms with Gasteiger partial charge in [-0.1, -0.05) is 42.5 Å². The van der Waals surface area contributed by atoms with Crippen molar-refractivity contribution in [2.75, 3.05) is 19.1 Å². The first-order valence-electron chi connectivity index (χ1n) is 10.5. The molecule has 1 aliphatic rings. The first-order chi connectivity index (χ1) is 15.9. The number of hydrogen-bond donors (Lipinski definition) is 1. The van der Waals surface area contributed by atoms with Crippen molar-refractivity contribution in [2.45, 2.75) is 19.9 Å². The Morgan fingerprint density at radius 2 is 1.48 bits per heavy atom. The molecule has 1 saturated heterocycles. The Kier molecular flexibility index (Phi) is 5.92. The maximum Gasteiger partial charge on any atom is 0.300 e. The molecular formula is C27H25NO5. The summed E-state index contributed by atoms with van der Waals surface area (Å²) in [6, 6.07) is 19.0. The molecule has 1 N–H and O–H groups in total. The molecule has 0 spiro atoms. The summed E-state index contributed by atoms with van der Waals surface area (Å²) in [5, 5.41) is 11.3. The highest BCUT2D eigenvalue weighted by atomic mass is 16.5. The van der Waals surface area contributed by atoms with Crippen molar-refractivity contribution < 1.29 is 24.2 Å². The maximum absolute atomic E-state index is 13.3. The molecule has 1 amide bonds. The van der Waals surface area contributed by atoms with Gasteiger partial charge in [-0.15, -0.1) is 0 Å². The number of aliphatic hydroxyl groups is 1. The van der Waals surface area contributed by atoms with Gasteiger partial charge in [-0.2, -0.15) is 0 Å². The molecule has 4 rings (SSSR count). The maximum atomic E-state index is 13.3. The van der Waals surface area contributed by atoms with Crippen molar-refractivity contribution in [3.05, 3.63) is 94.6 Å². The second-order valence-electron chi connectivity index (χ2n) is 7.88. The van der Waals surface area contributed by atoms with Gasteiger partial charge in [0.2, 0.25) is 0 Å². The third-order valence-corrected chi connectivity index (χ3v) is 5.96. The molecule has 0 radical (unpaired) electrons. The Balaban J connectivity index is 1.98. The number of ketones is 1. The predicted molar refractivity (Wildman–Crippen MR) is 127 cm³/mol. The molecule has 3 aromatic rings. The number of rotatable bonds is 5. The van der Waals surface area contributed by atoms with E-state index in [1.165, 1.54) is 19.1 Å². The smallest absolute Gasteiger partial charge is 0.300 e. The molecule has 6 nitrogen and oxygen atoms in total. The number of anilines is 1. The van der Waals surface area contributed by atoms with E-state index in [-0.39, 0.29) is 11.3 Å². The molecule has 1 atom stereocenters. The highest BCUT2D eigenvalue weighted by Crippen LogP contribution is 2.44. The number of aryl methyl sites for hydroxylation is 2. The fraction of sp³-hybridized carbons (Fsp3) is 0.185. The molecule has 0 aromatic heterocycles. The van der Waals surface area contributed by atoms with Crippen LogP contribution in [0.4, 0.5) is 5.69 Å². The summed E-state index contributed by atoms with van der Waals surface area (Å²) in [7, 11) is 3.01. The van der Waals surface area contributed by atoms with E-state index >= 15 is 0 Å². The summed E-state index contributed by atoms with van der Waals surface area (Å²) in [6.45, 7) is 3.81. The molecule has 0 bridgehead atoms. The Labute approximate surface area is 192 Å². The summed E-state index contributed by atoms with van der Waals surface area (Å²) < 4.78 is 10.6. The van der Waals surface area contributed by atoms with E-state index in [0.29, 0.717) is 22.7 Å². The van der Waals surface area contributed by atoms with Crippen LogP contribution >= 0.6 is 0 Å². The molecule has 0 saturated carbocycles. The SMILES string of the molecule is COc1ccc(/C(O)=C2\C(=O)C(=O)N(c3ccccc3C)C2c2ccccc2C)cc1OC. The van der Waals surface area contributed by atoms with Crippen LogP contribution in [0.2, 0.25) is 0 Å². The van der Waals surface area contributed by atoms with E-state index in [0.717, 1.165) is 16.7 Å². The molecule has 168 valence electrons. The second-order valence-corrected chi connectivity index (χ2v) is 7.88. The van der Waals surface area contributed by atoms with Crippen LogP contribution in [0.3, 0.4) is 0 Å². The van der Waals surface area contributed by atoms with Gasteiger partial charge in [0.1, 0.15) is 5.76 Å². The lowest BCUT2D eigenvalue weighted by Crippen LogP contribution is -2.30. The van der Waals surface area contributed by atoms with E-state index < -0.39 is 17.7 Å². The third-order valence-electron chi connectivity index (χ3n) is 5.96. The number of nitrogens with zero attached hydrogens (tertiary/aromatic N) is 1. The van der Waals surface area contributed by atoms with Gasteiger partial charge in [-0.3, -0.25) is 14.5 Å². The highest BCUT2D eigenvalue weighted by molar-refractivity contribution is 6.51. The number of Topliss-reactive ketones (excluding diaryl/α,β-unsaturated/α-hetero) is 1. The van der Waals surface area contributed by atoms with Gasteiger partial charge in [-0.05, 0) is 54.8 Å². The van der Waals surface area contributed by atoms with Crippen molar-refractivity contribution >= 4 is 23.1 Å². The number of methoxy groups -OCH3 is 2. The number of carbonyl (C=O) groups is 2. The van der Waals surface area contributed by atoms with Gasteiger partial charge in [0.15, 0.2) is 11.5 Å². The van der Waals surface area contributed by atoms with Crippen molar-refractivity contribution in [2.24, 2.45) is 0 Å². The molecule has 1 unspecified atom stereocenters. The van der Waals surface area contributed by atoms with Gasteiger partial charge < -0.3 is 14.6 Å². The van der Waals surface area contributed by atoms with Crippen LogP contribution in [0.25, 0.3) is 5.76 Å². The molecular weight excluding hydrogens is 418 g/mol. The summed E-state index contributed by atoms with van der Waals surface area (Å²) >= 11 is 0. The van der Waals surface area contributed by atoms with Crippen LogP contribution in [0, 0.1) is 13.8 Å². The van der Waals surface area contributed by atoms with E-state index in [1.54, 1.807) is 18.2 Å². The zero-order valence-electron chi connectivity index (χ0n) is 19.0. The Bertz CT molecular complexity index is 1280. The summed E-state index contributed by atoms with van der Waals surface area (Å²) in [5.74, 6) is -0.788. The number of carbonyl (C=O) groups excluding carboxylic acids is 2. The zero-order valence-corrected chi connectivity index (χ0v) is 19.0. The molecule has 1 fully saturated rings. The van der Waals surface area contributed by atoms with Gasteiger partial charge >= 0.3 is 0 Å². The van der Waals surface area contributed by atoms with Crippen molar-refractivity contribution in [3.63, 3.8) is 0 Å². The first kappa shape index (κ1) is 22.1. The van der Waals surface area contributed by atoms with Crippen molar-refractivity contribution in [3.8, 4) is 11.5 Å². The third kappa shape index (κ3) is 3.74. The van der Waals surface area contributed by atoms with Gasteiger partial charge in [0.25, 0.3) is 11.7 Å². The topological polar surface area (TPSA) is 76.1 Å². The number of ether oxygens (including phenoxy) is 2. The quantitative estimate of drug-likeness (QED) is 0.343. The highest BCUT2D eigenvalue weighted by Gasteiger charge is 2.47. The van der Waals surface area contributed by atoms with Gasteiger partial charge in [-0.25, -0.2) is 0 Å². The van der Waals surface area contributed by atoms with E-state index in [4.69, 9.17) is 9.47 Å². The van der Waals surface area contributed by atoms with Crippen LogP contribution in [0.15, 0.2) is 72.3 Å². The van der Waals surface area contributed by atoms with E-state index in [1.807, 2.05) is 62.4 Å². The second kappa shape index (κ2) is 8.82. The molecule has 3 aromatic carbocycles. The number of hydrogen-bond acceptors (Lipinski definition) is 5. The normalized spacial score (nSPS) is 17.3. The fourth-order valence-corrected chi connectivity index (χ4v) is 4.24. The molecule has 33 heavy (non-hydrogen) atoms. The van der Waals surface area contributed by atoms with E-state index in [2.05, 4.69) is 0 Å². The van der Waals surface area contributed by atoms with E-state index in [9.17, 15) is 14.7 Å². The monoisotopic (exact) mass is 443 g/mol. The van der Waals surface area contributed by atoms with Crippen LogP contribution in [0.5, 0.6) is 11.5 Å². The van der Waals surface area contributed by atoms with Crippen LogP contribution < -0.4 is 14.4 Å². The van der Waals surface area contributed by atoms with Gasteiger partial charge in [0, 0.05) is 11.3 Å². The van der Waals surface area contributed by atoms with Crippen LogP contribution in [-0.2, 0) is 9.59 Å². The Morgan fingerprint density at radius 1 is 0.848 bits per heavy atom. The molecule has 6 heteroatoms. The lowest BCUT2D eigenvalue weighted by molar-refractivity contribution is -0.132. The predicted octanol–water partition coefficient (Wildman–Crippen LogP) is 4.95. The number of aliphatic hydroxyl groups excluding tert-OH is 1. The largest absolute Gasteiger partial charge is 0.507 e. The molecule has 1 aliphatic heterocycles. The minimum Gasteiger partial charge on any atom is -0.507 e. The summed E-state index contributed by atoms with van der Waals surface area (Å²) in [6.07, 6.45) is 0. The summed E-state index contributed by atoms with van der Waals surface area (Å²) in [4.78, 5) is 28.1. The molecule has 0 aliphatic carbocycles. The average Bonchev–Trinajstić information content (AvgIpc) is 3.09. The Hall–Kier alpha value is -4.06. The lowest BCUT2D eigenvalue weighted by atomic mass is 9.92. The van der Waals surface area contributed by atoms with Crippen LogP contribution in [-0.4, -0.2) is 31.0 Å². The van der Waals surface area contributed by atoms with Gasteiger partial charge in [0.05, 0.1) is 25.8 Å². The van der Waals surface area contributed by atoms with Crippen molar-refractivity contribution in [1.82, 2.24) is 0 Å². The minimum atomic E-state index is -0.777. The molecule has 1 heterocycles. The zero-order chi connectivity index (χ0) is 23.7. The Morgan fingerprint density at radius 3 is 2.12 bits per heavy atom. The standard InChI is InChI=1S/C27H25NO5/c1-16-9-5-7-11-19(16)24-23(25(29)18-13-14-21(32-3)22(15-18)33-4)26(30)27(31)28(24)20-12-8-6-10-17(20)2/h5-15,24,29H,1-4H3/b25-23+. The number of para-hydroxylation sites is 1. The average molecular weight is 443 g/mol. The number of amides is 1. The fourth-order valence-electron chi connectivity index (χ4n) is 4.24. The lowest BCUT2D eigenvalue weighted by Gasteiger charge is -2.27. The van der Waals surface area contributed by atoms with Crippen LogP contribution in [0.1, 0.15) is 28.3 Å². The minimum absolute atomic E-state index is 0.0322. The number of benzene rings is 3.